The van der Waals surface area contributed by atoms with E-state index in [0.717, 1.165) is 18.5 Å². The minimum Gasteiger partial charge on any atom is -0.366 e. The smallest absolute Gasteiger partial charge is 0.0848 e. The Labute approximate surface area is 160 Å². The van der Waals surface area contributed by atoms with Gasteiger partial charge in [-0.1, -0.05) is 42.3 Å². The Morgan fingerprint density at radius 2 is 2.00 bits per heavy atom. The maximum atomic E-state index is 6.21. The van der Waals surface area contributed by atoms with Crippen molar-refractivity contribution in [2.75, 3.05) is 11.4 Å². The van der Waals surface area contributed by atoms with Crippen LogP contribution in [-0.2, 0) is 0 Å². The number of benzene rings is 2. The van der Waals surface area contributed by atoms with Gasteiger partial charge in [0.1, 0.15) is 0 Å². The van der Waals surface area contributed by atoms with Crippen LogP contribution in [0.4, 0.5) is 11.4 Å². The summed E-state index contributed by atoms with van der Waals surface area (Å²) in [6.07, 6.45) is 3.01. The Balaban J connectivity index is 1.95. The van der Waals surface area contributed by atoms with Gasteiger partial charge in [-0.25, -0.2) is 0 Å². The minimum atomic E-state index is 0.186. The van der Waals surface area contributed by atoms with Crippen LogP contribution in [0.2, 0.25) is 10.0 Å². The summed E-state index contributed by atoms with van der Waals surface area (Å²) in [6.45, 7) is 10.2. The van der Waals surface area contributed by atoms with Gasteiger partial charge in [-0.3, -0.25) is 4.99 Å². The lowest BCUT2D eigenvalue weighted by molar-refractivity contribution is 0.381. The number of aliphatic imine (C=N–C) groups is 1. The molecule has 2 aromatic rings. The number of hydrogen-bond donors (Lipinski definition) is 0. The van der Waals surface area contributed by atoms with Gasteiger partial charge >= 0.3 is 0 Å². The number of anilines is 1. The predicted octanol–water partition coefficient (Wildman–Crippen LogP) is 6.86. The standard InChI is InChI=1S/C21H24Cl2N2/c1-5-25-19-10-9-15(11-16(19)14(2)12-21(25,3)4)13-24-18-8-6-7-17(22)20(18)23/h6-11,13-14H,5,12H2,1-4H3. The normalized spacial score (nSPS) is 19.3. The average molecular weight is 375 g/mol. The predicted molar refractivity (Wildman–Crippen MR) is 110 cm³/mol. The highest BCUT2D eigenvalue weighted by atomic mass is 35.5. The lowest BCUT2D eigenvalue weighted by Crippen LogP contribution is -2.48. The summed E-state index contributed by atoms with van der Waals surface area (Å²) in [5.74, 6) is 0.524. The lowest BCUT2D eigenvalue weighted by atomic mass is 9.79. The second kappa shape index (κ2) is 7.01. The zero-order valence-electron chi connectivity index (χ0n) is 15.2. The van der Waals surface area contributed by atoms with Crippen LogP contribution in [-0.4, -0.2) is 18.3 Å². The molecule has 0 spiro atoms. The van der Waals surface area contributed by atoms with Crippen molar-refractivity contribution in [1.82, 2.24) is 0 Å². The number of nitrogens with zero attached hydrogens (tertiary/aromatic N) is 2. The van der Waals surface area contributed by atoms with Crippen LogP contribution in [0.3, 0.4) is 0 Å². The van der Waals surface area contributed by atoms with Crippen LogP contribution in [0.1, 0.15) is 51.2 Å². The molecule has 1 aliphatic heterocycles. The van der Waals surface area contributed by atoms with Crippen molar-refractivity contribution in [3.05, 3.63) is 57.6 Å². The molecule has 0 radical (unpaired) electrons. The first-order chi connectivity index (χ1) is 11.8. The monoisotopic (exact) mass is 374 g/mol. The van der Waals surface area contributed by atoms with Gasteiger partial charge in [-0.2, -0.15) is 0 Å². The summed E-state index contributed by atoms with van der Waals surface area (Å²) in [5.41, 5.74) is 4.69. The van der Waals surface area contributed by atoms with Crippen LogP contribution in [0.15, 0.2) is 41.4 Å². The molecule has 1 aliphatic rings. The fourth-order valence-electron chi connectivity index (χ4n) is 3.92. The molecule has 132 valence electrons. The van der Waals surface area contributed by atoms with E-state index in [1.54, 1.807) is 6.07 Å². The number of rotatable bonds is 3. The first-order valence-electron chi connectivity index (χ1n) is 8.73. The highest BCUT2D eigenvalue weighted by Crippen LogP contribution is 2.43. The van der Waals surface area contributed by atoms with E-state index in [2.05, 4.69) is 55.8 Å². The van der Waals surface area contributed by atoms with Crippen molar-refractivity contribution in [2.45, 2.75) is 45.6 Å². The van der Waals surface area contributed by atoms with Crippen LogP contribution in [0.25, 0.3) is 0 Å². The summed E-state index contributed by atoms with van der Waals surface area (Å²) in [6, 6.07) is 12.1. The second-order valence-corrected chi connectivity index (χ2v) is 8.10. The Bertz CT molecular complexity index is 812. The van der Waals surface area contributed by atoms with E-state index in [1.807, 2.05) is 18.3 Å². The van der Waals surface area contributed by atoms with E-state index in [9.17, 15) is 0 Å². The van der Waals surface area contributed by atoms with Gasteiger partial charge in [0.15, 0.2) is 0 Å². The fourth-order valence-corrected chi connectivity index (χ4v) is 4.27. The topological polar surface area (TPSA) is 15.6 Å². The molecule has 0 saturated heterocycles. The van der Waals surface area contributed by atoms with Gasteiger partial charge in [0.05, 0.1) is 15.7 Å². The van der Waals surface area contributed by atoms with Crippen molar-refractivity contribution in [3.8, 4) is 0 Å². The maximum Gasteiger partial charge on any atom is 0.0848 e. The highest BCUT2D eigenvalue weighted by Gasteiger charge is 2.35. The minimum absolute atomic E-state index is 0.186. The van der Waals surface area contributed by atoms with Crippen molar-refractivity contribution in [3.63, 3.8) is 0 Å². The Kier molecular flexibility index (Phi) is 5.13. The molecule has 25 heavy (non-hydrogen) atoms. The Morgan fingerprint density at radius 3 is 2.72 bits per heavy atom. The zero-order chi connectivity index (χ0) is 18.2. The zero-order valence-corrected chi connectivity index (χ0v) is 16.7. The molecular weight excluding hydrogens is 351 g/mol. The summed E-state index contributed by atoms with van der Waals surface area (Å²) in [5, 5.41) is 1.02. The molecule has 1 unspecified atom stereocenters. The van der Waals surface area contributed by atoms with E-state index in [4.69, 9.17) is 23.2 Å². The van der Waals surface area contributed by atoms with Gasteiger partial charge in [0.2, 0.25) is 0 Å². The Hall–Kier alpha value is -1.51. The van der Waals surface area contributed by atoms with E-state index in [0.29, 0.717) is 21.7 Å². The summed E-state index contributed by atoms with van der Waals surface area (Å²) < 4.78 is 0. The molecule has 0 fully saturated rings. The van der Waals surface area contributed by atoms with Crippen molar-refractivity contribution < 1.29 is 0 Å². The van der Waals surface area contributed by atoms with Crippen molar-refractivity contribution in [2.24, 2.45) is 4.99 Å². The summed E-state index contributed by atoms with van der Waals surface area (Å²) in [4.78, 5) is 7.02. The largest absolute Gasteiger partial charge is 0.366 e. The van der Waals surface area contributed by atoms with Gasteiger partial charge in [-0.05, 0) is 68.5 Å². The van der Waals surface area contributed by atoms with Gasteiger partial charge in [0.25, 0.3) is 0 Å². The molecule has 1 atom stereocenters. The second-order valence-electron chi connectivity index (χ2n) is 7.31. The third-order valence-electron chi connectivity index (χ3n) is 5.01. The van der Waals surface area contributed by atoms with Crippen LogP contribution < -0.4 is 4.90 Å². The van der Waals surface area contributed by atoms with Gasteiger partial charge in [-0.15, -0.1) is 0 Å². The molecule has 0 bridgehead atoms. The summed E-state index contributed by atoms with van der Waals surface area (Å²) in [7, 11) is 0. The molecule has 3 rings (SSSR count). The average Bonchev–Trinajstić information content (AvgIpc) is 2.56. The molecule has 0 aliphatic carbocycles. The first-order valence-corrected chi connectivity index (χ1v) is 9.48. The van der Waals surface area contributed by atoms with Gasteiger partial charge in [0, 0.05) is 24.0 Å². The molecule has 1 heterocycles. The SMILES string of the molecule is CCN1c2ccc(C=Nc3cccc(Cl)c3Cl)cc2C(C)CC1(C)C. The van der Waals surface area contributed by atoms with Crippen LogP contribution >= 0.6 is 23.2 Å². The molecule has 2 aromatic carbocycles. The molecule has 0 amide bonds. The lowest BCUT2D eigenvalue weighted by Gasteiger charge is -2.47. The van der Waals surface area contributed by atoms with Crippen LogP contribution in [0, 0.1) is 0 Å². The number of halogens is 2. The molecule has 0 saturated carbocycles. The van der Waals surface area contributed by atoms with E-state index in [-0.39, 0.29) is 5.54 Å². The molecule has 4 heteroatoms. The first kappa shape index (κ1) is 18.3. The van der Waals surface area contributed by atoms with Gasteiger partial charge < -0.3 is 4.90 Å². The van der Waals surface area contributed by atoms with Crippen molar-refractivity contribution in [1.29, 1.82) is 0 Å². The maximum absolute atomic E-state index is 6.21. The molecular formula is C21H24Cl2N2. The molecule has 2 nitrogen and oxygen atoms in total. The van der Waals surface area contributed by atoms with Crippen LogP contribution in [0.5, 0.6) is 0 Å². The Morgan fingerprint density at radius 1 is 1.24 bits per heavy atom. The summed E-state index contributed by atoms with van der Waals surface area (Å²) >= 11 is 12.3. The van der Waals surface area contributed by atoms with E-state index in [1.165, 1.54) is 11.3 Å². The highest BCUT2D eigenvalue weighted by molar-refractivity contribution is 6.43. The number of hydrogen-bond acceptors (Lipinski definition) is 2. The van der Waals surface area contributed by atoms with E-state index < -0.39 is 0 Å². The third kappa shape index (κ3) is 3.56. The quantitative estimate of drug-likeness (QED) is 0.535. The molecule has 0 aromatic heterocycles. The fraction of sp³-hybridized carbons (Fsp3) is 0.381. The van der Waals surface area contributed by atoms with E-state index >= 15 is 0 Å². The third-order valence-corrected chi connectivity index (χ3v) is 5.82. The molecule has 0 N–H and O–H groups in total. The number of fused-ring (bicyclic) bond motifs is 1. The van der Waals surface area contributed by atoms with Crippen molar-refractivity contribution >= 4 is 40.8 Å².